The molecular weight excluding hydrogens is 236 g/mol. The summed E-state index contributed by atoms with van der Waals surface area (Å²) < 4.78 is 0. The minimum atomic E-state index is -2.50. The van der Waals surface area contributed by atoms with Crippen LogP contribution in [0.5, 0.6) is 0 Å². The monoisotopic (exact) mass is 252 g/mol. The van der Waals surface area contributed by atoms with E-state index in [1.807, 2.05) is 30.3 Å². The Balaban J connectivity index is 3.31. The highest BCUT2D eigenvalue weighted by Gasteiger charge is 2.30. The van der Waals surface area contributed by atoms with E-state index in [1.54, 1.807) is 0 Å². The molecule has 0 aliphatic rings. The van der Waals surface area contributed by atoms with Crippen LogP contribution in [-0.2, 0) is 0 Å². The van der Waals surface area contributed by atoms with Crippen molar-refractivity contribution in [2.75, 3.05) is 0 Å². The van der Waals surface area contributed by atoms with Crippen LogP contribution in [0.3, 0.4) is 0 Å². The van der Waals surface area contributed by atoms with Gasteiger partial charge in [0.1, 0.15) is 8.07 Å². The van der Waals surface area contributed by atoms with Gasteiger partial charge in [0.25, 0.3) is 0 Å². The van der Waals surface area contributed by atoms with E-state index in [2.05, 4.69) is 41.8 Å². The standard InChI is InChI=1S/C15H16Si2/c1-6-17(7-2,14-13-16(3,4)5)15-11-9-8-10-12-15/h1-2,8-12H,3-5H3. The Morgan fingerprint density at radius 3 is 1.82 bits per heavy atom. The molecule has 1 rings (SSSR count). The minimum Gasteiger partial charge on any atom is -0.136 e. The van der Waals surface area contributed by atoms with Crippen molar-refractivity contribution in [2.24, 2.45) is 0 Å². The van der Waals surface area contributed by atoms with Crippen molar-refractivity contribution in [2.45, 2.75) is 19.6 Å². The van der Waals surface area contributed by atoms with Crippen LogP contribution in [0.4, 0.5) is 0 Å². The zero-order valence-corrected chi connectivity index (χ0v) is 12.5. The largest absolute Gasteiger partial charge is 0.320 e. The molecule has 0 saturated heterocycles. The van der Waals surface area contributed by atoms with Crippen LogP contribution in [0.15, 0.2) is 30.3 Å². The Bertz CT molecular complexity index is 511. The zero-order valence-electron chi connectivity index (χ0n) is 10.5. The van der Waals surface area contributed by atoms with E-state index in [4.69, 9.17) is 12.8 Å². The van der Waals surface area contributed by atoms with Crippen LogP contribution in [0, 0.1) is 35.0 Å². The number of hydrogen-bond donors (Lipinski definition) is 0. The molecule has 84 valence electrons. The molecule has 17 heavy (non-hydrogen) atoms. The van der Waals surface area contributed by atoms with Gasteiger partial charge in [-0.25, -0.2) is 0 Å². The van der Waals surface area contributed by atoms with Crippen LogP contribution in [-0.4, -0.2) is 16.1 Å². The van der Waals surface area contributed by atoms with Crippen molar-refractivity contribution < 1.29 is 0 Å². The number of rotatable bonds is 1. The molecule has 1 aromatic rings. The van der Waals surface area contributed by atoms with Crippen LogP contribution in [0.2, 0.25) is 19.6 Å². The highest BCUT2D eigenvalue weighted by atomic mass is 28.3. The number of hydrogen-bond acceptors (Lipinski definition) is 0. The summed E-state index contributed by atoms with van der Waals surface area (Å²) in [6.07, 6.45) is 11.3. The second kappa shape index (κ2) is 5.11. The van der Waals surface area contributed by atoms with Crippen LogP contribution >= 0.6 is 0 Å². The Labute approximate surface area is 106 Å². The van der Waals surface area contributed by atoms with E-state index in [1.165, 1.54) is 0 Å². The summed E-state index contributed by atoms with van der Waals surface area (Å²) in [6, 6.07) is 9.86. The summed E-state index contributed by atoms with van der Waals surface area (Å²) >= 11 is 0. The lowest BCUT2D eigenvalue weighted by Gasteiger charge is -2.14. The van der Waals surface area contributed by atoms with Crippen molar-refractivity contribution >= 4 is 21.3 Å². The van der Waals surface area contributed by atoms with E-state index in [0.29, 0.717) is 0 Å². The average Bonchev–Trinajstić information content (AvgIpc) is 2.31. The summed E-state index contributed by atoms with van der Waals surface area (Å²) in [4.78, 5) is 0. The predicted octanol–water partition coefficient (Wildman–Crippen LogP) is 2.11. The van der Waals surface area contributed by atoms with Gasteiger partial charge in [-0.1, -0.05) is 61.1 Å². The molecule has 0 N–H and O–H groups in total. The minimum absolute atomic E-state index is 1.04. The lowest BCUT2D eigenvalue weighted by molar-refractivity contribution is 1.76. The maximum absolute atomic E-state index is 5.66. The molecular formula is C15H16Si2. The molecule has 0 unspecified atom stereocenters. The molecule has 1 aromatic carbocycles. The summed E-state index contributed by atoms with van der Waals surface area (Å²) in [7, 11) is -3.95. The number of benzene rings is 1. The fourth-order valence-corrected chi connectivity index (χ4v) is 4.97. The van der Waals surface area contributed by atoms with Crippen molar-refractivity contribution in [3.63, 3.8) is 0 Å². The summed E-state index contributed by atoms with van der Waals surface area (Å²) in [5.41, 5.74) is 12.2. The van der Waals surface area contributed by atoms with Gasteiger partial charge in [0.2, 0.25) is 0 Å². The summed E-state index contributed by atoms with van der Waals surface area (Å²) in [5.74, 6) is 0. The van der Waals surface area contributed by atoms with E-state index in [0.717, 1.165) is 5.19 Å². The zero-order chi connectivity index (χ0) is 12.9. The molecule has 0 amide bonds. The second-order valence-corrected chi connectivity index (χ2v) is 12.6. The van der Waals surface area contributed by atoms with Gasteiger partial charge in [-0.15, -0.1) is 23.9 Å². The molecule has 0 saturated carbocycles. The molecule has 0 aromatic heterocycles. The van der Waals surface area contributed by atoms with Crippen LogP contribution < -0.4 is 5.19 Å². The first-order valence-corrected chi connectivity index (χ1v) is 11.0. The molecule has 0 radical (unpaired) electrons. The normalized spacial score (nSPS) is 10.6. The first kappa shape index (κ1) is 13.4. The highest BCUT2D eigenvalue weighted by Crippen LogP contribution is 2.03. The molecule has 0 nitrogen and oxygen atoms in total. The molecule has 0 fully saturated rings. The Morgan fingerprint density at radius 2 is 1.41 bits per heavy atom. The molecule has 0 heterocycles. The van der Waals surface area contributed by atoms with Gasteiger partial charge in [-0.05, 0) is 5.19 Å². The molecule has 0 aliphatic heterocycles. The number of terminal acetylenes is 2. The van der Waals surface area contributed by atoms with Crippen molar-refractivity contribution in [3.8, 4) is 35.0 Å². The molecule has 0 aliphatic carbocycles. The van der Waals surface area contributed by atoms with Crippen LogP contribution in [0.25, 0.3) is 0 Å². The molecule has 0 bridgehead atoms. The van der Waals surface area contributed by atoms with E-state index >= 15 is 0 Å². The fourth-order valence-electron chi connectivity index (χ4n) is 1.32. The van der Waals surface area contributed by atoms with Gasteiger partial charge in [-0.3, -0.25) is 0 Å². The Kier molecular flexibility index (Phi) is 4.03. The van der Waals surface area contributed by atoms with Crippen molar-refractivity contribution in [1.82, 2.24) is 0 Å². The third kappa shape index (κ3) is 3.40. The molecule has 0 atom stereocenters. The average molecular weight is 252 g/mol. The molecule has 2 heteroatoms. The van der Waals surface area contributed by atoms with Gasteiger partial charge >= 0.3 is 8.07 Å². The van der Waals surface area contributed by atoms with Gasteiger partial charge < -0.3 is 0 Å². The smallest absolute Gasteiger partial charge is 0.136 e. The maximum Gasteiger partial charge on any atom is 0.320 e. The van der Waals surface area contributed by atoms with E-state index < -0.39 is 16.1 Å². The summed E-state index contributed by atoms with van der Waals surface area (Å²) in [5, 5.41) is 1.04. The Hall–Kier alpha value is -1.67. The van der Waals surface area contributed by atoms with Crippen LogP contribution in [0.1, 0.15) is 0 Å². The maximum atomic E-state index is 5.66. The van der Waals surface area contributed by atoms with Gasteiger partial charge in [0.15, 0.2) is 0 Å². The molecule has 0 spiro atoms. The highest BCUT2D eigenvalue weighted by molar-refractivity contribution is 7.10. The van der Waals surface area contributed by atoms with Gasteiger partial charge in [-0.2, -0.15) is 0 Å². The first-order chi connectivity index (χ1) is 7.93. The third-order valence-corrected chi connectivity index (χ3v) is 5.96. The topological polar surface area (TPSA) is 0 Å². The fraction of sp³-hybridized carbons (Fsp3) is 0.200. The second-order valence-electron chi connectivity index (χ2n) is 4.90. The van der Waals surface area contributed by atoms with Crippen molar-refractivity contribution in [1.29, 1.82) is 0 Å². The summed E-state index contributed by atoms with van der Waals surface area (Å²) in [6.45, 7) is 6.57. The van der Waals surface area contributed by atoms with E-state index in [-0.39, 0.29) is 0 Å². The third-order valence-electron chi connectivity index (χ3n) is 2.26. The lowest BCUT2D eigenvalue weighted by Crippen LogP contribution is -2.45. The predicted molar refractivity (Wildman–Crippen MR) is 80.6 cm³/mol. The van der Waals surface area contributed by atoms with Gasteiger partial charge in [0, 0.05) is 0 Å². The Morgan fingerprint density at radius 1 is 0.882 bits per heavy atom. The van der Waals surface area contributed by atoms with Crippen molar-refractivity contribution in [3.05, 3.63) is 30.3 Å². The SMILES string of the molecule is C#C[Si](C#C)(C#C[Si](C)(C)C)c1ccccc1. The van der Waals surface area contributed by atoms with Gasteiger partial charge in [0.05, 0.1) is 0 Å². The first-order valence-electron chi connectivity index (χ1n) is 5.49. The quantitative estimate of drug-likeness (QED) is 0.530. The lowest BCUT2D eigenvalue weighted by atomic mass is 10.4. The van der Waals surface area contributed by atoms with E-state index in [9.17, 15) is 0 Å².